The zero-order valence-electron chi connectivity index (χ0n) is 10.1. The van der Waals surface area contributed by atoms with Gasteiger partial charge in [-0.15, -0.1) is 0 Å². The van der Waals surface area contributed by atoms with E-state index < -0.39 is 18.0 Å². The Morgan fingerprint density at radius 3 is 2.89 bits per heavy atom. The standard InChI is InChI=1S/C9H13F2N5O3/c1-12-9-14-4-6(16(17)18)8(15-9)13-2-3-19-5-7(10)11/h4,7H,2-3,5H2,1H3,(H2,12,13,14,15). The van der Waals surface area contributed by atoms with Gasteiger partial charge in [-0.3, -0.25) is 10.1 Å². The van der Waals surface area contributed by atoms with Crippen molar-refractivity contribution in [1.82, 2.24) is 9.97 Å². The van der Waals surface area contributed by atoms with Gasteiger partial charge in [0.1, 0.15) is 12.8 Å². The van der Waals surface area contributed by atoms with Gasteiger partial charge in [0.15, 0.2) is 0 Å². The highest BCUT2D eigenvalue weighted by molar-refractivity contribution is 5.56. The smallest absolute Gasteiger partial charge is 0.329 e. The molecule has 0 atom stereocenters. The molecule has 0 saturated carbocycles. The monoisotopic (exact) mass is 277 g/mol. The predicted octanol–water partition coefficient (Wildman–Crippen LogP) is 1.12. The second-order valence-electron chi connectivity index (χ2n) is 3.33. The molecule has 0 aliphatic rings. The lowest BCUT2D eigenvalue weighted by atomic mass is 10.4. The lowest BCUT2D eigenvalue weighted by Crippen LogP contribution is -2.15. The minimum absolute atomic E-state index is 0.00463. The molecule has 0 bridgehead atoms. The highest BCUT2D eigenvalue weighted by Gasteiger charge is 2.16. The average Bonchev–Trinajstić information content (AvgIpc) is 2.37. The van der Waals surface area contributed by atoms with Crippen LogP contribution in [0.3, 0.4) is 0 Å². The van der Waals surface area contributed by atoms with E-state index in [0.29, 0.717) is 0 Å². The molecule has 0 unspecified atom stereocenters. The van der Waals surface area contributed by atoms with Crippen LogP contribution in [0, 0.1) is 10.1 Å². The number of nitrogens with zero attached hydrogens (tertiary/aromatic N) is 3. The number of hydrogen-bond donors (Lipinski definition) is 2. The van der Waals surface area contributed by atoms with Gasteiger partial charge < -0.3 is 15.4 Å². The Kier molecular flexibility index (Phi) is 5.79. The number of hydrogen-bond acceptors (Lipinski definition) is 7. The Balaban J connectivity index is 2.57. The zero-order valence-corrected chi connectivity index (χ0v) is 10.1. The number of aromatic nitrogens is 2. The van der Waals surface area contributed by atoms with Gasteiger partial charge in [-0.05, 0) is 0 Å². The molecule has 1 heterocycles. The normalized spacial score (nSPS) is 10.5. The Morgan fingerprint density at radius 2 is 2.32 bits per heavy atom. The van der Waals surface area contributed by atoms with Crippen molar-refractivity contribution in [3.63, 3.8) is 0 Å². The van der Waals surface area contributed by atoms with Gasteiger partial charge in [-0.2, -0.15) is 4.98 Å². The van der Waals surface area contributed by atoms with Crippen LogP contribution in [0.2, 0.25) is 0 Å². The number of halogens is 2. The van der Waals surface area contributed by atoms with Crippen LogP contribution in [0.15, 0.2) is 6.20 Å². The van der Waals surface area contributed by atoms with Crippen molar-refractivity contribution >= 4 is 17.5 Å². The maximum absolute atomic E-state index is 11.8. The first-order chi connectivity index (χ1) is 9.04. The van der Waals surface area contributed by atoms with E-state index in [9.17, 15) is 18.9 Å². The summed E-state index contributed by atoms with van der Waals surface area (Å²) in [5, 5.41) is 16.0. The average molecular weight is 277 g/mol. The van der Waals surface area contributed by atoms with Gasteiger partial charge >= 0.3 is 5.69 Å². The van der Waals surface area contributed by atoms with Crippen LogP contribution in [0.5, 0.6) is 0 Å². The fourth-order valence-corrected chi connectivity index (χ4v) is 1.17. The molecule has 106 valence electrons. The summed E-state index contributed by atoms with van der Waals surface area (Å²) >= 11 is 0. The van der Waals surface area contributed by atoms with E-state index in [1.165, 1.54) is 0 Å². The van der Waals surface area contributed by atoms with E-state index in [2.05, 4.69) is 25.3 Å². The maximum atomic E-state index is 11.8. The topological polar surface area (TPSA) is 102 Å². The van der Waals surface area contributed by atoms with E-state index >= 15 is 0 Å². The first kappa shape index (κ1) is 15.0. The largest absolute Gasteiger partial charge is 0.374 e. The number of alkyl halides is 2. The third-order valence-corrected chi connectivity index (χ3v) is 1.97. The van der Waals surface area contributed by atoms with Crippen molar-refractivity contribution in [3.05, 3.63) is 16.3 Å². The fourth-order valence-electron chi connectivity index (χ4n) is 1.17. The van der Waals surface area contributed by atoms with Crippen LogP contribution in [0.1, 0.15) is 0 Å². The first-order valence-corrected chi connectivity index (χ1v) is 5.33. The molecule has 0 aliphatic heterocycles. The van der Waals surface area contributed by atoms with Crippen molar-refractivity contribution < 1.29 is 18.4 Å². The highest BCUT2D eigenvalue weighted by Crippen LogP contribution is 2.21. The van der Waals surface area contributed by atoms with Crippen LogP contribution in [-0.4, -0.2) is 48.1 Å². The van der Waals surface area contributed by atoms with Crippen molar-refractivity contribution in [3.8, 4) is 0 Å². The van der Waals surface area contributed by atoms with Crippen LogP contribution in [-0.2, 0) is 4.74 Å². The van der Waals surface area contributed by atoms with E-state index in [-0.39, 0.29) is 30.6 Å². The predicted molar refractivity (Wildman–Crippen MR) is 63.5 cm³/mol. The van der Waals surface area contributed by atoms with E-state index in [1.54, 1.807) is 7.05 Å². The summed E-state index contributed by atoms with van der Waals surface area (Å²) in [5.41, 5.74) is -0.298. The third kappa shape index (κ3) is 4.95. The van der Waals surface area contributed by atoms with Crippen molar-refractivity contribution in [2.75, 3.05) is 37.4 Å². The Bertz CT molecular complexity index is 432. The minimum Gasteiger partial charge on any atom is -0.374 e. The molecule has 0 amide bonds. The summed E-state index contributed by atoms with van der Waals surface area (Å²) in [6.45, 7) is -0.566. The number of ether oxygens (including phenoxy) is 1. The summed E-state index contributed by atoms with van der Waals surface area (Å²) in [7, 11) is 1.57. The Hall–Kier alpha value is -2.10. The molecular weight excluding hydrogens is 264 g/mol. The van der Waals surface area contributed by atoms with E-state index in [4.69, 9.17) is 0 Å². The van der Waals surface area contributed by atoms with Crippen molar-refractivity contribution in [2.24, 2.45) is 0 Å². The molecule has 0 aromatic carbocycles. The second-order valence-corrected chi connectivity index (χ2v) is 3.33. The lowest BCUT2D eigenvalue weighted by molar-refractivity contribution is -0.384. The van der Waals surface area contributed by atoms with Gasteiger partial charge in [0.05, 0.1) is 11.5 Å². The number of nitrogens with one attached hydrogen (secondary N) is 2. The molecule has 0 fully saturated rings. The van der Waals surface area contributed by atoms with E-state index in [1.807, 2.05) is 0 Å². The molecule has 1 aromatic rings. The van der Waals surface area contributed by atoms with Crippen LogP contribution < -0.4 is 10.6 Å². The van der Waals surface area contributed by atoms with Crippen molar-refractivity contribution in [2.45, 2.75) is 6.43 Å². The van der Waals surface area contributed by atoms with Gasteiger partial charge in [0.25, 0.3) is 6.43 Å². The van der Waals surface area contributed by atoms with Gasteiger partial charge in [-0.25, -0.2) is 13.8 Å². The molecule has 8 nitrogen and oxygen atoms in total. The minimum atomic E-state index is -2.54. The number of anilines is 2. The molecule has 1 aromatic heterocycles. The molecule has 1 rings (SSSR count). The number of rotatable bonds is 8. The molecular formula is C9H13F2N5O3. The zero-order chi connectivity index (χ0) is 14.3. The molecule has 0 spiro atoms. The summed E-state index contributed by atoms with van der Waals surface area (Å²) in [5.74, 6) is 0.214. The van der Waals surface area contributed by atoms with Crippen LogP contribution in [0.25, 0.3) is 0 Å². The first-order valence-electron chi connectivity index (χ1n) is 5.33. The lowest BCUT2D eigenvalue weighted by Gasteiger charge is -2.07. The summed E-state index contributed by atoms with van der Waals surface area (Å²) in [6.07, 6.45) is -1.48. The number of nitro groups is 1. The highest BCUT2D eigenvalue weighted by atomic mass is 19.3. The van der Waals surface area contributed by atoms with E-state index in [0.717, 1.165) is 6.20 Å². The van der Waals surface area contributed by atoms with Crippen LogP contribution in [0.4, 0.5) is 26.2 Å². The SMILES string of the molecule is CNc1ncc([N+](=O)[O-])c(NCCOCC(F)F)n1. The maximum Gasteiger partial charge on any atom is 0.329 e. The van der Waals surface area contributed by atoms with Gasteiger partial charge in [0.2, 0.25) is 11.8 Å². The quantitative estimate of drug-likeness (QED) is 0.417. The Labute approximate surface area is 107 Å². The second kappa shape index (κ2) is 7.36. The molecule has 0 saturated heterocycles. The molecule has 10 heteroatoms. The summed E-state index contributed by atoms with van der Waals surface area (Å²) < 4.78 is 28.2. The van der Waals surface area contributed by atoms with Gasteiger partial charge in [0, 0.05) is 13.6 Å². The Morgan fingerprint density at radius 1 is 1.58 bits per heavy atom. The fraction of sp³-hybridized carbons (Fsp3) is 0.556. The van der Waals surface area contributed by atoms with Crippen LogP contribution >= 0.6 is 0 Å². The van der Waals surface area contributed by atoms with Crippen molar-refractivity contribution in [1.29, 1.82) is 0 Å². The molecule has 0 aliphatic carbocycles. The molecule has 0 radical (unpaired) electrons. The molecule has 2 N–H and O–H groups in total. The summed E-state index contributed by atoms with van der Waals surface area (Å²) in [6, 6.07) is 0. The third-order valence-electron chi connectivity index (χ3n) is 1.97. The van der Waals surface area contributed by atoms with Gasteiger partial charge in [-0.1, -0.05) is 0 Å². The summed E-state index contributed by atoms with van der Waals surface area (Å²) in [4.78, 5) is 17.7. The molecule has 19 heavy (non-hydrogen) atoms.